The number of hydrogen-bond acceptors (Lipinski definition) is 3. The fourth-order valence-electron chi connectivity index (χ4n) is 3.57. The maximum Gasteiger partial charge on any atom is 0.257 e. The Morgan fingerprint density at radius 3 is 2.28 bits per heavy atom. The molecule has 0 unspecified atom stereocenters. The first-order valence-electron chi connectivity index (χ1n) is 10.3. The van der Waals surface area contributed by atoms with Crippen LogP contribution in [0.1, 0.15) is 39.1 Å². The second-order valence-corrected chi connectivity index (χ2v) is 8.01. The number of para-hydroxylation sites is 1. The molecule has 162 valence electrons. The molecule has 1 aliphatic heterocycles. The van der Waals surface area contributed by atoms with Gasteiger partial charge in [-0.3, -0.25) is 14.4 Å². The molecule has 4 rings (SSSR count). The Morgan fingerprint density at radius 1 is 0.875 bits per heavy atom. The maximum absolute atomic E-state index is 12.8. The first kappa shape index (κ1) is 21.6. The quantitative estimate of drug-likeness (QED) is 0.560. The Balaban J connectivity index is 1.43. The van der Waals surface area contributed by atoms with Gasteiger partial charge in [0.05, 0.1) is 11.3 Å². The number of amides is 3. The van der Waals surface area contributed by atoms with Crippen LogP contribution in [-0.4, -0.2) is 29.2 Å². The van der Waals surface area contributed by atoms with Crippen LogP contribution in [-0.2, 0) is 11.3 Å². The number of rotatable bonds is 6. The zero-order chi connectivity index (χ0) is 22.5. The van der Waals surface area contributed by atoms with Crippen molar-refractivity contribution in [1.82, 2.24) is 4.90 Å². The zero-order valence-corrected chi connectivity index (χ0v) is 18.1. The third kappa shape index (κ3) is 5.15. The number of carbonyl (C=O) groups excluding carboxylic acids is 3. The lowest BCUT2D eigenvalue weighted by Gasteiger charge is -2.15. The number of likely N-dealkylation sites (tertiary alicyclic amines) is 1. The van der Waals surface area contributed by atoms with Crippen LogP contribution in [0.5, 0.6) is 0 Å². The van der Waals surface area contributed by atoms with Gasteiger partial charge in [0.15, 0.2) is 0 Å². The van der Waals surface area contributed by atoms with Gasteiger partial charge in [-0.25, -0.2) is 0 Å². The van der Waals surface area contributed by atoms with E-state index in [9.17, 15) is 14.4 Å². The minimum absolute atomic E-state index is 0.167. The number of halogens is 1. The first-order valence-corrected chi connectivity index (χ1v) is 10.7. The summed E-state index contributed by atoms with van der Waals surface area (Å²) in [6, 6.07) is 20.8. The highest BCUT2D eigenvalue weighted by Gasteiger charge is 2.20. The number of nitrogens with zero attached hydrogens (tertiary/aromatic N) is 1. The predicted molar refractivity (Wildman–Crippen MR) is 125 cm³/mol. The van der Waals surface area contributed by atoms with E-state index in [1.54, 1.807) is 60.7 Å². The second-order valence-electron chi connectivity index (χ2n) is 7.58. The molecule has 7 heteroatoms. The lowest BCUT2D eigenvalue weighted by atomic mass is 10.1. The first-order chi connectivity index (χ1) is 15.5. The Hall–Kier alpha value is -3.64. The van der Waals surface area contributed by atoms with Crippen molar-refractivity contribution in [2.24, 2.45) is 0 Å². The Labute approximate surface area is 191 Å². The van der Waals surface area contributed by atoms with Crippen molar-refractivity contribution >= 4 is 40.7 Å². The van der Waals surface area contributed by atoms with Crippen molar-refractivity contribution < 1.29 is 14.4 Å². The summed E-state index contributed by atoms with van der Waals surface area (Å²) in [6.45, 7) is 1.32. The Bertz CT molecular complexity index is 1140. The van der Waals surface area contributed by atoms with Gasteiger partial charge in [0.2, 0.25) is 5.91 Å². The third-order valence-corrected chi connectivity index (χ3v) is 5.53. The van der Waals surface area contributed by atoms with Gasteiger partial charge in [-0.1, -0.05) is 35.9 Å². The summed E-state index contributed by atoms with van der Waals surface area (Å²) in [5.41, 5.74) is 2.80. The average molecular weight is 448 g/mol. The van der Waals surface area contributed by atoms with Crippen molar-refractivity contribution in [3.8, 4) is 0 Å². The van der Waals surface area contributed by atoms with Crippen molar-refractivity contribution in [1.29, 1.82) is 0 Å². The molecule has 0 bridgehead atoms. The summed E-state index contributed by atoms with van der Waals surface area (Å²) in [4.78, 5) is 39.1. The fraction of sp³-hybridized carbons (Fsp3) is 0.160. The van der Waals surface area contributed by atoms with Gasteiger partial charge in [-0.15, -0.1) is 0 Å². The second kappa shape index (κ2) is 9.66. The molecular weight excluding hydrogens is 426 g/mol. The zero-order valence-electron chi connectivity index (χ0n) is 17.3. The highest BCUT2D eigenvalue weighted by Crippen LogP contribution is 2.20. The summed E-state index contributed by atoms with van der Waals surface area (Å²) in [5, 5.41) is 6.20. The van der Waals surface area contributed by atoms with Crippen LogP contribution in [0.25, 0.3) is 0 Å². The fourth-order valence-corrected chi connectivity index (χ4v) is 3.70. The topological polar surface area (TPSA) is 78.5 Å². The monoisotopic (exact) mass is 447 g/mol. The normalized spacial score (nSPS) is 13.2. The number of nitrogens with one attached hydrogen (secondary N) is 2. The summed E-state index contributed by atoms with van der Waals surface area (Å²) in [6.07, 6.45) is 1.50. The number of anilines is 2. The van der Waals surface area contributed by atoms with E-state index in [1.165, 1.54) is 0 Å². The highest BCUT2D eigenvalue weighted by molar-refractivity contribution is 6.30. The molecular formula is C25H22ClN3O3. The van der Waals surface area contributed by atoms with Crippen LogP contribution in [0.2, 0.25) is 5.02 Å². The molecule has 1 saturated heterocycles. The van der Waals surface area contributed by atoms with Crippen LogP contribution in [0.3, 0.4) is 0 Å². The number of carbonyl (C=O) groups is 3. The molecule has 0 atom stereocenters. The van der Waals surface area contributed by atoms with E-state index in [0.29, 0.717) is 40.5 Å². The molecule has 6 nitrogen and oxygen atoms in total. The summed E-state index contributed by atoms with van der Waals surface area (Å²) < 4.78 is 0. The summed E-state index contributed by atoms with van der Waals surface area (Å²) >= 11 is 5.89. The van der Waals surface area contributed by atoms with Crippen molar-refractivity contribution in [3.63, 3.8) is 0 Å². The molecule has 0 spiro atoms. The molecule has 3 amide bonds. The van der Waals surface area contributed by atoms with E-state index < -0.39 is 0 Å². The van der Waals surface area contributed by atoms with Crippen LogP contribution >= 0.6 is 11.6 Å². The summed E-state index contributed by atoms with van der Waals surface area (Å²) in [7, 11) is 0. The lowest BCUT2D eigenvalue weighted by molar-refractivity contribution is -0.128. The minimum atomic E-state index is -0.339. The molecule has 0 aliphatic carbocycles. The van der Waals surface area contributed by atoms with Crippen LogP contribution < -0.4 is 10.6 Å². The van der Waals surface area contributed by atoms with Gasteiger partial charge < -0.3 is 15.5 Å². The number of hydrogen-bond donors (Lipinski definition) is 2. The molecule has 3 aromatic rings. The lowest BCUT2D eigenvalue weighted by Crippen LogP contribution is -2.23. The Morgan fingerprint density at radius 2 is 1.59 bits per heavy atom. The molecule has 0 aromatic heterocycles. The van der Waals surface area contributed by atoms with Crippen molar-refractivity contribution in [3.05, 3.63) is 94.5 Å². The van der Waals surface area contributed by atoms with Crippen LogP contribution in [0, 0.1) is 0 Å². The number of benzene rings is 3. The van der Waals surface area contributed by atoms with Crippen molar-refractivity contribution in [2.75, 3.05) is 17.2 Å². The molecule has 1 fully saturated rings. The molecule has 32 heavy (non-hydrogen) atoms. The van der Waals surface area contributed by atoms with E-state index in [1.807, 2.05) is 17.0 Å². The van der Waals surface area contributed by atoms with Crippen LogP contribution in [0.4, 0.5) is 11.4 Å². The Kier molecular flexibility index (Phi) is 6.52. The van der Waals surface area contributed by atoms with E-state index in [2.05, 4.69) is 10.6 Å². The minimum Gasteiger partial charge on any atom is -0.338 e. The third-order valence-electron chi connectivity index (χ3n) is 5.28. The van der Waals surface area contributed by atoms with E-state index in [4.69, 9.17) is 11.6 Å². The van der Waals surface area contributed by atoms with Gasteiger partial charge in [-0.05, 0) is 60.5 Å². The molecule has 2 N–H and O–H groups in total. The van der Waals surface area contributed by atoms with Gasteiger partial charge in [-0.2, -0.15) is 0 Å². The van der Waals surface area contributed by atoms with Crippen LogP contribution in [0.15, 0.2) is 72.8 Å². The van der Waals surface area contributed by atoms with Gasteiger partial charge in [0, 0.05) is 35.8 Å². The molecule has 0 radical (unpaired) electrons. The maximum atomic E-state index is 12.8. The molecule has 0 saturated carbocycles. The van der Waals surface area contributed by atoms with Gasteiger partial charge >= 0.3 is 0 Å². The smallest absolute Gasteiger partial charge is 0.257 e. The largest absolute Gasteiger partial charge is 0.338 e. The van der Waals surface area contributed by atoms with Gasteiger partial charge in [0.25, 0.3) is 11.8 Å². The molecule has 3 aromatic carbocycles. The van der Waals surface area contributed by atoms with Gasteiger partial charge in [0.1, 0.15) is 0 Å². The SMILES string of the molecule is O=C(Nc1ccccc1C(=O)Nc1ccc(Cl)cc1)c1ccc(CN2CCCC2=O)cc1. The van der Waals surface area contributed by atoms with E-state index in [0.717, 1.165) is 18.5 Å². The van der Waals surface area contributed by atoms with E-state index in [-0.39, 0.29) is 17.7 Å². The standard InChI is InChI=1S/C25H22ClN3O3/c26-19-11-13-20(14-12-19)27-25(32)21-4-1-2-5-22(21)28-24(31)18-9-7-17(8-10-18)16-29-15-3-6-23(29)30/h1-2,4-5,7-14H,3,6,15-16H2,(H,27,32)(H,28,31). The van der Waals surface area contributed by atoms with Crippen molar-refractivity contribution in [2.45, 2.75) is 19.4 Å². The van der Waals surface area contributed by atoms with E-state index >= 15 is 0 Å². The predicted octanol–water partition coefficient (Wildman–Crippen LogP) is 4.97. The average Bonchev–Trinajstić information content (AvgIpc) is 3.20. The molecule has 1 aliphatic rings. The molecule has 1 heterocycles. The summed E-state index contributed by atoms with van der Waals surface area (Å²) in [5.74, 6) is -0.491. The highest BCUT2D eigenvalue weighted by atomic mass is 35.5.